The second kappa shape index (κ2) is 7.25. The summed E-state index contributed by atoms with van der Waals surface area (Å²) < 4.78 is 0. The van der Waals surface area contributed by atoms with Crippen molar-refractivity contribution in [2.24, 2.45) is 0 Å². The van der Waals surface area contributed by atoms with Crippen LogP contribution in [0.2, 0.25) is 0 Å². The molecule has 6 heteroatoms. The smallest absolute Gasteiger partial charge is 0.319 e. The molecule has 0 bridgehead atoms. The Labute approximate surface area is 117 Å². The summed E-state index contributed by atoms with van der Waals surface area (Å²) in [4.78, 5) is 14.0. The van der Waals surface area contributed by atoms with Crippen molar-refractivity contribution < 1.29 is 4.79 Å². The lowest BCUT2D eigenvalue weighted by Crippen LogP contribution is -2.40. The lowest BCUT2D eigenvalue weighted by molar-refractivity contribution is 0.247. The monoisotopic (exact) mass is 280 g/mol. The molecule has 0 atom stereocenters. The third-order valence-electron chi connectivity index (χ3n) is 2.99. The van der Waals surface area contributed by atoms with Crippen molar-refractivity contribution in [1.82, 2.24) is 10.2 Å². The molecule has 1 aromatic rings. The van der Waals surface area contributed by atoms with Gasteiger partial charge in [0, 0.05) is 49.1 Å². The van der Waals surface area contributed by atoms with E-state index < -0.39 is 0 Å². The molecule has 2 amide bonds. The standard InChI is InChI=1S/C13H20N4OS/c14-11-1-3-12(4-2-11)16-13(18)15-5-6-17-7-9-19-10-8-17/h1-4H,5-10,14H2,(H2,15,16,18). The summed E-state index contributed by atoms with van der Waals surface area (Å²) in [7, 11) is 0. The normalized spacial score (nSPS) is 16.0. The Morgan fingerprint density at radius 2 is 1.95 bits per heavy atom. The first-order chi connectivity index (χ1) is 9.24. The van der Waals surface area contributed by atoms with Gasteiger partial charge in [-0.25, -0.2) is 4.79 Å². The molecule has 1 heterocycles. The van der Waals surface area contributed by atoms with Crippen LogP contribution in [0.15, 0.2) is 24.3 Å². The summed E-state index contributed by atoms with van der Waals surface area (Å²) >= 11 is 1.99. The molecule has 1 saturated heterocycles. The van der Waals surface area contributed by atoms with Gasteiger partial charge in [-0.15, -0.1) is 0 Å². The number of nitrogens with one attached hydrogen (secondary N) is 2. The summed E-state index contributed by atoms with van der Waals surface area (Å²) in [5, 5.41) is 5.64. The SMILES string of the molecule is Nc1ccc(NC(=O)NCCN2CCSCC2)cc1. The van der Waals surface area contributed by atoms with Gasteiger partial charge in [-0.1, -0.05) is 0 Å². The van der Waals surface area contributed by atoms with E-state index in [0.29, 0.717) is 12.2 Å². The lowest BCUT2D eigenvalue weighted by atomic mass is 10.3. The van der Waals surface area contributed by atoms with Crippen molar-refractivity contribution in [3.63, 3.8) is 0 Å². The van der Waals surface area contributed by atoms with Crippen LogP contribution < -0.4 is 16.4 Å². The molecule has 0 aliphatic carbocycles. The molecular weight excluding hydrogens is 260 g/mol. The van der Waals surface area contributed by atoms with Gasteiger partial charge in [-0.3, -0.25) is 4.90 Å². The van der Waals surface area contributed by atoms with E-state index in [1.807, 2.05) is 11.8 Å². The lowest BCUT2D eigenvalue weighted by Gasteiger charge is -2.25. The molecule has 104 valence electrons. The summed E-state index contributed by atoms with van der Waals surface area (Å²) in [6.07, 6.45) is 0. The van der Waals surface area contributed by atoms with E-state index in [2.05, 4.69) is 15.5 Å². The molecule has 1 aliphatic heterocycles. The molecule has 0 radical (unpaired) electrons. The van der Waals surface area contributed by atoms with Crippen LogP contribution >= 0.6 is 11.8 Å². The maximum Gasteiger partial charge on any atom is 0.319 e. The van der Waals surface area contributed by atoms with Gasteiger partial charge in [-0.05, 0) is 24.3 Å². The maximum atomic E-state index is 11.7. The number of nitrogens with two attached hydrogens (primary N) is 1. The molecule has 0 spiro atoms. The zero-order valence-corrected chi connectivity index (χ0v) is 11.7. The van der Waals surface area contributed by atoms with E-state index in [0.717, 1.165) is 25.3 Å². The highest BCUT2D eigenvalue weighted by Gasteiger charge is 2.10. The second-order valence-corrected chi connectivity index (χ2v) is 5.68. The van der Waals surface area contributed by atoms with Crippen LogP contribution in [0.4, 0.5) is 16.2 Å². The summed E-state index contributed by atoms with van der Waals surface area (Å²) in [5.74, 6) is 2.38. The molecule has 0 saturated carbocycles. The minimum atomic E-state index is -0.170. The highest BCUT2D eigenvalue weighted by molar-refractivity contribution is 7.99. The second-order valence-electron chi connectivity index (χ2n) is 4.46. The number of thioether (sulfide) groups is 1. The molecular formula is C13H20N4OS. The zero-order valence-electron chi connectivity index (χ0n) is 10.9. The van der Waals surface area contributed by atoms with Gasteiger partial charge in [0.1, 0.15) is 0 Å². The first-order valence-electron chi connectivity index (χ1n) is 6.44. The molecule has 4 N–H and O–H groups in total. The minimum absolute atomic E-state index is 0.170. The predicted octanol–water partition coefficient (Wildman–Crippen LogP) is 1.44. The van der Waals surface area contributed by atoms with E-state index in [4.69, 9.17) is 5.73 Å². The number of urea groups is 1. The highest BCUT2D eigenvalue weighted by Crippen LogP contribution is 2.10. The fraction of sp³-hybridized carbons (Fsp3) is 0.462. The van der Waals surface area contributed by atoms with Gasteiger partial charge in [0.25, 0.3) is 0 Å². The first kappa shape index (κ1) is 14.0. The number of carbonyl (C=O) groups is 1. The van der Waals surface area contributed by atoms with E-state index in [1.54, 1.807) is 24.3 Å². The predicted molar refractivity (Wildman–Crippen MR) is 81.6 cm³/mol. The average Bonchev–Trinajstić information content (AvgIpc) is 2.43. The molecule has 5 nitrogen and oxygen atoms in total. The fourth-order valence-corrected chi connectivity index (χ4v) is 2.87. The van der Waals surface area contributed by atoms with Crippen molar-refractivity contribution in [2.45, 2.75) is 0 Å². The largest absolute Gasteiger partial charge is 0.399 e. The van der Waals surface area contributed by atoms with Crippen molar-refractivity contribution in [1.29, 1.82) is 0 Å². The number of anilines is 2. The molecule has 2 rings (SSSR count). The van der Waals surface area contributed by atoms with Crippen LogP contribution in [0.3, 0.4) is 0 Å². The van der Waals surface area contributed by atoms with Crippen LogP contribution in [0.5, 0.6) is 0 Å². The van der Waals surface area contributed by atoms with E-state index in [-0.39, 0.29) is 6.03 Å². The molecule has 19 heavy (non-hydrogen) atoms. The van der Waals surface area contributed by atoms with E-state index in [9.17, 15) is 4.79 Å². The number of hydrogen-bond donors (Lipinski definition) is 3. The number of carbonyl (C=O) groups excluding carboxylic acids is 1. The molecule has 1 fully saturated rings. The van der Waals surface area contributed by atoms with E-state index in [1.165, 1.54) is 11.5 Å². The Morgan fingerprint density at radius 1 is 1.26 bits per heavy atom. The Hall–Kier alpha value is -1.40. The molecule has 1 aliphatic rings. The summed E-state index contributed by atoms with van der Waals surface area (Å²) in [6, 6.07) is 6.94. The van der Waals surface area contributed by atoms with Gasteiger partial charge in [-0.2, -0.15) is 11.8 Å². The van der Waals surface area contributed by atoms with Gasteiger partial charge < -0.3 is 16.4 Å². The van der Waals surface area contributed by atoms with Crippen LogP contribution in [-0.2, 0) is 0 Å². The minimum Gasteiger partial charge on any atom is -0.399 e. The van der Waals surface area contributed by atoms with Crippen LogP contribution in [0, 0.1) is 0 Å². The summed E-state index contributed by atoms with van der Waals surface area (Å²) in [5.41, 5.74) is 7.02. The first-order valence-corrected chi connectivity index (χ1v) is 7.60. The van der Waals surface area contributed by atoms with Crippen molar-refractivity contribution in [3.05, 3.63) is 24.3 Å². The van der Waals surface area contributed by atoms with Crippen LogP contribution in [0.25, 0.3) is 0 Å². The Bertz CT molecular complexity index is 404. The van der Waals surface area contributed by atoms with Gasteiger partial charge in [0.05, 0.1) is 0 Å². The number of benzene rings is 1. The quantitative estimate of drug-likeness (QED) is 0.730. The Balaban J connectivity index is 1.65. The number of amides is 2. The van der Waals surface area contributed by atoms with Crippen molar-refractivity contribution in [2.75, 3.05) is 48.7 Å². The van der Waals surface area contributed by atoms with Crippen LogP contribution in [-0.4, -0.2) is 48.6 Å². The van der Waals surface area contributed by atoms with Gasteiger partial charge in [0.15, 0.2) is 0 Å². The number of nitrogen functional groups attached to an aromatic ring is 1. The molecule has 1 aromatic carbocycles. The topological polar surface area (TPSA) is 70.4 Å². The molecule has 0 aromatic heterocycles. The Morgan fingerprint density at radius 3 is 2.63 bits per heavy atom. The van der Waals surface area contributed by atoms with E-state index >= 15 is 0 Å². The van der Waals surface area contributed by atoms with Gasteiger partial charge in [0.2, 0.25) is 0 Å². The fourth-order valence-electron chi connectivity index (χ4n) is 1.89. The van der Waals surface area contributed by atoms with Crippen LogP contribution in [0.1, 0.15) is 0 Å². The van der Waals surface area contributed by atoms with Gasteiger partial charge >= 0.3 is 6.03 Å². The molecule has 0 unspecified atom stereocenters. The third kappa shape index (κ3) is 5.00. The number of rotatable bonds is 4. The third-order valence-corrected chi connectivity index (χ3v) is 3.93. The van der Waals surface area contributed by atoms with Crippen molar-refractivity contribution in [3.8, 4) is 0 Å². The zero-order chi connectivity index (χ0) is 13.5. The van der Waals surface area contributed by atoms with Crippen molar-refractivity contribution >= 4 is 29.2 Å². The highest BCUT2D eigenvalue weighted by atomic mass is 32.2. The Kier molecular flexibility index (Phi) is 5.35. The summed E-state index contributed by atoms with van der Waals surface area (Å²) in [6.45, 7) is 3.82. The maximum absolute atomic E-state index is 11.7. The number of nitrogens with zero attached hydrogens (tertiary/aromatic N) is 1. The average molecular weight is 280 g/mol. The number of hydrogen-bond acceptors (Lipinski definition) is 4.